The number of hydrogen-bond acceptors (Lipinski definition) is 5. The first kappa shape index (κ1) is 20.6. The number of furan rings is 1. The Hall–Kier alpha value is -2.67. The van der Waals surface area contributed by atoms with E-state index in [4.69, 9.17) is 9.15 Å². The molecule has 3 heterocycles. The highest BCUT2D eigenvalue weighted by Crippen LogP contribution is 2.25. The Kier molecular flexibility index (Phi) is 6.79. The number of benzene rings is 1. The minimum Gasteiger partial charge on any atom is -0.497 e. The van der Waals surface area contributed by atoms with Gasteiger partial charge in [-0.25, -0.2) is 0 Å². The number of hydrogen-bond donors (Lipinski definition) is 1. The van der Waals surface area contributed by atoms with Crippen molar-refractivity contribution in [2.75, 3.05) is 64.9 Å². The maximum atomic E-state index is 5.75. The van der Waals surface area contributed by atoms with Gasteiger partial charge in [0, 0.05) is 45.5 Å². The maximum Gasteiger partial charge on any atom is 0.193 e. The van der Waals surface area contributed by atoms with E-state index < -0.39 is 0 Å². The van der Waals surface area contributed by atoms with Gasteiger partial charge in [0.1, 0.15) is 11.5 Å². The molecule has 7 nitrogen and oxygen atoms in total. The van der Waals surface area contributed by atoms with Gasteiger partial charge in [-0.1, -0.05) is 0 Å². The second kappa shape index (κ2) is 9.89. The van der Waals surface area contributed by atoms with Gasteiger partial charge in [-0.15, -0.1) is 0 Å². The van der Waals surface area contributed by atoms with Gasteiger partial charge in [0.15, 0.2) is 5.96 Å². The monoisotopic (exact) mass is 411 g/mol. The summed E-state index contributed by atoms with van der Waals surface area (Å²) in [6.45, 7) is 6.90. The number of piperazine rings is 1. The van der Waals surface area contributed by atoms with Crippen LogP contribution in [-0.2, 0) is 0 Å². The molecule has 7 heteroatoms. The molecule has 0 spiro atoms. The van der Waals surface area contributed by atoms with Crippen molar-refractivity contribution < 1.29 is 9.15 Å². The van der Waals surface area contributed by atoms with Crippen LogP contribution in [0.4, 0.5) is 5.69 Å². The molecule has 0 saturated carbocycles. The average molecular weight is 412 g/mol. The van der Waals surface area contributed by atoms with E-state index >= 15 is 0 Å². The second-order valence-corrected chi connectivity index (χ2v) is 7.87. The van der Waals surface area contributed by atoms with Gasteiger partial charge in [-0.3, -0.25) is 9.89 Å². The van der Waals surface area contributed by atoms with Gasteiger partial charge in [0.25, 0.3) is 0 Å². The summed E-state index contributed by atoms with van der Waals surface area (Å²) in [5.41, 5.74) is 1.24. The van der Waals surface area contributed by atoms with Crippen LogP contribution in [0.1, 0.15) is 24.6 Å². The fraction of sp³-hybridized carbons (Fsp3) is 0.522. The van der Waals surface area contributed by atoms with Crippen molar-refractivity contribution in [1.29, 1.82) is 0 Å². The molecule has 1 aromatic carbocycles. The molecule has 1 aromatic heterocycles. The number of methoxy groups -OCH3 is 1. The third-order valence-corrected chi connectivity index (χ3v) is 6.14. The Morgan fingerprint density at radius 3 is 2.40 bits per heavy atom. The number of guanidine groups is 1. The minimum absolute atomic E-state index is 0.250. The lowest BCUT2D eigenvalue weighted by Gasteiger charge is -2.38. The summed E-state index contributed by atoms with van der Waals surface area (Å²) >= 11 is 0. The first-order valence-electron chi connectivity index (χ1n) is 10.9. The van der Waals surface area contributed by atoms with Crippen LogP contribution in [0.2, 0.25) is 0 Å². The molecule has 0 aliphatic carbocycles. The van der Waals surface area contributed by atoms with E-state index in [2.05, 4.69) is 43.2 Å². The molecule has 30 heavy (non-hydrogen) atoms. The number of ether oxygens (including phenoxy) is 1. The molecule has 1 N–H and O–H groups in total. The highest BCUT2D eigenvalue weighted by molar-refractivity contribution is 5.80. The minimum atomic E-state index is 0.250. The SMILES string of the molecule is CN=C(NCC(c1ccco1)N1CCCC1)N1CCN(c2ccc(OC)cc2)CC1. The molecule has 4 rings (SSSR count). The molecule has 0 bridgehead atoms. The lowest BCUT2D eigenvalue weighted by molar-refractivity contribution is 0.213. The predicted molar refractivity (Wildman–Crippen MR) is 120 cm³/mol. The van der Waals surface area contributed by atoms with Crippen molar-refractivity contribution in [3.8, 4) is 5.75 Å². The molecular formula is C23H33N5O2. The van der Waals surface area contributed by atoms with E-state index in [9.17, 15) is 0 Å². The zero-order valence-electron chi connectivity index (χ0n) is 18.1. The maximum absolute atomic E-state index is 5.75. The van der Waals surface area contributed by atoms with Crippen molar-refractivity contribution in [3.63, 3.8) is 0 Å². The average Bonchev–Trinajstić information content (AvgIpc) is 3.52. The standard InChI is InChI=1S/C23H33N5O2/c1-24-23(25-18-21(22-6-5-17-30-22)27-11-3-4-12-27)28-15-13-26(14-16-28)19-7-9-20(29-2)10-8-19/h5-10,17,21H,3-4,11-16,18H2,1-2H3,(H,24,25). The highest BCUT2D eigenvalue weighted by atomic mass is 16.5. The van der Waals surface area contributed by atoms with E-state index in [1.807, 2.05) is 25.2 Å². The third-order valence-electron chi connectivity index (χ3n) is 6.14. The molecule has 2 fully saturated rings. The van der Waals surface area contributed by atoms with E-state index in [0.29, 0.717) is 0 Å². The Morgan fingerprint density at radius 1 is 1.07 bits per heavy atom. The Morgan fingerprint density at radius 2 is 1.80 bits per heavy atom. The number of rotatable bonds is 6. The zero-order valence-corrected chi connectivity index (χ0v) is 18.1. The van der Waals surface area contributed by atoms with Crippen molar-refractivity contribution in [1.82, 2.24) is 15.1 Å². The summed E-state index contributed by atoms with van der Waals surface area (Å²) < 4.78 is 11.0. The van der Waals surface area contributed by atoms with Crippen LogP contribution in [0, 0.1) is 0 Å². The number of anilines is 1. The van der Waals surface area contributed by atoms with Gasteiger partial charge in [0.05, 0.1) is 19.4 Å². The van der Waals surface area contributed by atoms with E-state index in [1.54, 1.807) is 13.4 Å². The third kappa shape index (κ3) is 4.73. The smallest absolute Gasteiger partial charge is 0.193 e. The summed E-state index contributed by atoms with van der Waals surface area (Å²) in [4.78, 5) is 11.8. The number of aliphatic imine (C=N–C) groups is 1. The topological polar surface area (TPSA) is 56.5 Å². The van der Waals surface area contributed by atoms with E-state index in [0.717, 1.165) is 63.3 Å². The molecule has 2 saturated heterocycles. The molecule has 2 aromatic rings. The van der Waals surface area contributed by atoms with Crippen LogP contribution in [0.25, 0.3) is 0 Å². The first-order valence-corrected chi connectivity index (χ1v) is 10.9. The van der Waals surface area contributed by atoms with Gasteiger partial charge >= 0.3 is 0 Å². The molecular weight excluding hydrogens is 378 g/mol. The molecule has 2 aliphatic heterocycles. The van der Waals surface area contributed by atoms with Gasteiger partial charge in [-0.05, 0) is 62.3 Å². The Labute approximate surface area is 179 Å². The summed E-state index contributed by atoms with van der Waals surface area (Å²) in [7, 11) is 3.57. The van der Waals surface area contributed by atoms with Crippen LogP contribution in [0.3, 0.4) is 0 Å². The fourth-order valence-electron chi connectivity index (χ4n) is 4.43. The molecule has 2 aliphatic rings. The Bertz CT molecular complexity index is 792. The summed E-state index contributed by atoms with van der Waals surface area (Å²) in [5, 5.41) is 3.61. The van der Waals surface area contributed by atoms with Crippen LogP contribution in [-0.4, -0.2) is 75.7 Å². The van der Waals surface area contributed by atoms with Gasteiger partial charge in [0.2, 0.25) is 0 Å². The molecule has 0 amide bonds. The van der Waals surface area contributed by atoms with Crippen molar-refractivity contribution in [2.24, 2.45) is 4.99 Å². The van der Waals surface area contributed by atoms with Crippen LogP contribution in [0.5, 0.6) is 5.75 Å². The normalized spacial score (nSPS) is 19.2. The predicted octanol–water partition coefficient (Wildman–Crippen LogP) is 2.82. The van der Waals surface area contributed by atoms with E-state index in [1.165, 1.54) is 18.5 Å². The van der Waals surface area contributed by atoms with Gasteiger partial charge in [-0.2, -0.15) is 0 Å². The highest BCUT2D eigenvalue weighted by Gasteiger charge is 2.27. The number of nitrogens with zero attached hydrogens (tertiary/aromatic N) is 4. The first-order chi connectivity index (χ1) is 14.8. The molecule has 1 unspecified atom stereocenters. The largest absolute Gasteiger partial charge is 0.497 e. The van der Waals surface area contributed by atoms with Crippen LogP contribution >= 0.6 is 0 Å². The lowest BCUT2D eigenvalue weighted by Crippen LogP contribution is -2.53. The van der Waals surface area contributed by atoms with E-state index in [-0.39, 0.29) is 6.04 Å². The van der Waals surface area contributed by atoms with Crippen molar-refractivity contribution >= 4 is 11.6 Å². The Balaban J connectivity index is 1.33. The van der Waals surface area contributed by atoms with Crippen LogP contribution in [0.15, 0.2) is 52.1 Å². The summed E-state index contributed by atoms with van der Waals surface area (Å²) in [6, 6.07) is 12.6. The second-order valence-electron chi connectivity index (χ2n) is 7.87. The number of nitrogens with one attached hydrogen (secondary N) is 1. The molecule has 0 radical (unpaired) electrons. The quantitative estimate of drug-likeness (QED) is 0.583. The zero-order chi connectivity index (χ0) is 20.8. The van der Waals surface area contributed by atoms with Crippen molar-refractivity contribution in [2.45, 2.75) is 18.9 Å². The van der Waals surface area contributed by atoms with Crippen LogP contribution < -0.4 is 15.0 Å². The summed E-state index contributed by atoms with van der Waals surface area (Å²) in [6.07, 6.45) is 4.30. The van der Waals surface area contributed by atoms with Crippen molar-refractivity contribution in [3.05, 3.63) is 48.4 Å². The number of likely N-dealkylation sites (tertiary alicyclic amines) is 1. The molecule has 1 atom stereocenters. The lowest BCUT2D eigenvalue weighted by atomic mass is 10.2. The van der Waals surface area contributed by atoms with Gasteiger partial charge < -0.3 is 24.3 Å². The summed E-state index contributed by atoms with van der Waals surface area (Å²) in [5.74, 6) is 2.90. The fourth-order valence-corrected chi connectivity index (χ4v) is 4.43. The molecule has 162 valence electrons.